The fourth-order valence-electron chi connectivity index (χ4n) is 3.18. The van der Waals surface area contributed by atoms with Gasteiger partial charge in [0.1, 0.15) is 0 Å². The molecule has 0 aromatic heterocycles. The summed E-state index contributed by atoms with van der Waals surface area (Å²) in [6, 6.07) is 13.9. The van der Waals surface area contributed by atoms with Crippen molar-refractivity contribution in [1.29, 1.82) is 0 Å². The molecule has 130 valence electrons. The zero-order chi connectivity index (χ0) is 18.0. The molecule has 6 nitrogen and oxygen atoms in total. The van der Waals surface area contributed by atoms with E-state index in [2.05, 4.69) is 0 Å². The second-order valence-electron chi connectivity index (χ2n) is 6.59. The van der Waals surface area contributed by atoms with Crippen LogP contribution in [0.1, 0.15) is 30.0 Å². The number of nitro groups is 1. The van der Waals surface area contributed by atoms with Crippen LogP contribution in [0.3, 0.4) is 0 Å². The Labute approximate surface area is 145 Å². The van der Waals surface area contributed by atoms with Gasteiger partial charge in [0, 0.05) is 25.2 Å². The number of fused-ring (bicyclic) bond motifs is 1. The molecule has 1 heterocycles. The van der Waals surface area contributed by atoms with Gasteiger partial charge in [-0.3, -0.25) is 14.9 Å². The molecule has 6 heteroatoms. The molecule has 1 aliphatic heterocycles. The highest BCUT2D eigenvalue weighted by Crippen LogP contribution is 2.28. The van der Waals surface area contributed by atoms with Gasteiger partial charge in [0.2, 0.25) is 5.91 Å². The van der Waals surface area contributed by atoms with Crippen molar-refractivity contribution >= 4 is 11.6 Å². The second kappa shape index (κ2) is 6.64. The van der Waals surface area contributed by atoms with Crippen LogP contribution in [0, 0.1) is 10.1 Å². The van der Waals surface area contributed by atoms with Crippen molar-refractivity contribution in [2.45, 2.75) is 31.9 Å². The molecule has 0 radical (unpaired) electrons. The van der Waals surface area contributed by atoms with Crippen LogP contribution >= 0.6 is 0 Å². The summed E-state index contributed by atoms with van der Waals surface area (Å²) in [5.41, 5.74) is 1.31. The zero-order valence-electron chi connectivity index (χ0n) is 14.0. The average molecular weight is 340 g/mol. The van der Waals surface area contributed by atoms with Crippen LogP contribution in [-0.4, -0.2) is 27.4 Å². The summed E-state index contributed by atoms with van der Waals surface area (Å²) in [6.07, 6.45) is 0.633. The number of rotatable bonds is 4. The lowest BCUT2D eigenvalue weighted by molar-refractivity contribution is -0.385. The highest BCUT2D eigenvalue weighted by molar-refractivity contribution is 5.78. The maximum Gasteiger partial charge on any atom is 0.269 e. The van der Waals surface area contributed by atoms with E-state index in [1.807, 2.05) is 18.2 Å². The van der Waals surface area contributed by atoms with Crippen molar-refractivity contribution in [3.63, 3.8) is 0 Å². The number of amides is 1. The fourth-order valence-corrected chi connectivity index (χ4v) is 3.18. The smallest absolute Gasteiger partial charge is 0.269 e. The topological polar surface area (TPSA) is 83.7 Å². The third kappa shape index (κ3) is 3.69. The molecule has 0 spiro atoms. The summed E-state index contributed by atoms with van der Waals surface area (Å²) in [4.78, 5) is 24.8. The number of non-ortho nitro benzene ring substituents is 1. The molecule has 0 bridgehead atoms. The normalized spacial score (nSPS) is 16.0. The standard InChI is InChI=1S/C19H20N2O4/c1-19(23,16-5-3-2-4-6-16)12-18(22)20-10-9-14-7-8-17(21(24)25)11-15(14)13-20/h2-8,11,23H,9-10,12-13H2,1H3. The number of nitrogens with zero attached hydrogens (tertiary/aromatic N) is 2. The van der Waals surface area contributed by atoms with Crippen LogP contribution in [0.4, 0.5) is 5.69 Å². The summed E-state index contributed by atoms with van der Waals surface area (Å²) in [5.74, 6) is -0.161. The third-order valence-electron chi connectivity index (χ3n) is 4.66. The molecule has 25 heavy (non-hydrogen) atoms. The van der Waals surface area contributed by atoms with E-state index in [4.69, 9.17) is 0 Å². The fraction of sp³-hybridized carbons (Fsp3) is 0.316. The predicted molar refractivity (Wildman–Crippen MR) is 92.8 cm³/mol. The third-order valence-corrected chi connectivity index (χ3v) is 4.66. The molecular weight excluding hydrogens is 320 g/mol. The molecule has 1 N–H and O–H groups in total. The maximum absolute atomic E-state index is 12.6. The van der Waals surface area contributed by atoms with Crippen LogP contribution in [0.15, 0.2) is 48.5 Å². The van der Waals surface area contributed by atoms with Crippen LogP contribution in [0.25, 0.3) is 0 Å². The SMILES string of the molecule is CC(O)(CC(=O)N1CCc2ccc([N+](=O)[O-])cc2C1)c1ccccc1. The summed E-state index contributed by atoms with van der Waals surface area (Å²) < 4.78 is 0. The van der Waals surface area contributed by atoms with Gasteiger partial charge in [-0.25, -0.2) is 0 Å². The number of carbonyl (C=O) groups is 1. The minimum absolute atomic E-state index is 0.0265. The highest BCUT2D eigenvalue weighted by Gasteiger charge is 2.30. The van der Waals surface area contributed by atoms with Gasteiger partial charge in [-0.15, -0.1) is 0 Å². The van der Waals surface area contributed by atoms with E-state index in [9.17, 15) is 20.0 Å². The van der Waals surface area contributed by atoms with Crippen molar-refractivity contribution in [3.8, 4) is 0 Å². The number of hydrogen-bond acceptors (Lipinski definition) is 4. The van der Waals surface area contributed by atoms with E-state index >= 15 is 0 Å². The molecule has 2 aromatic rings. The van der Waals surface area contributed by atoms with Gasteiger partial charge in [-0.05, 0) is 30.0 Å². The molecule has 0 fully saturated rings. The van der Waals surface area contributed by atoms with Gasteiger partial charge in [0.25, 0.3) is 5.69 Å². The molecule has 0 saturated heterocycles. The molecule has 0 aliphatic carbocycles. The van der Waals surface area contributed by atoms with Gasteiger partial charge in [0.15, 0.2) is 0 Å². The largest absolute Gasteiger partial charge is 0.385 e. The minimum Gasteiger partial charge on any atom is -0.385 e. The number of hydrogen-bond donors (Lipinski definition) is 1. The van der Waals surface area contributed by atoms with Gasteiger partial charge in [0.05, 0.1) is 16.9 Å². The number of carbonyl (C=O) groups excluding carboxylic acids is 1. The van der Waals surface area contributed by atoms with Crippen molar-refractivity contribution < 1.29 is 14.8 Å². The lowest BCUT2D eigenvalue weighted by atomic mass is 9.91. The summed E-state index contributed by atoms with van der Waals surface area (Å²) in [6.45, 7) is 2.51. The van der Waals surface area contributed by atoms with Gasteiger partial charge < -0.3 is 10.0 Å². The van der Waals surface area contributed by atoms with E-state index < -0.39 is 10.5 Å². The summed E-state index contributed by atoms with van der Waals surface area (Å²) >= 11 is 0. The lowest BCUT2D eigenvalue weighted by Crippen LogP contribution is -2.39. The van der Waals surface area contributed by atoms with E-state index in [0.29, 0.717) is 25.1 Å². The van der Waals surface area contributed by atoms with Crippen LogP contribution in [-0.2, 0) is 23.4 Å². The number of nitro benzene ring substituents is 1. The zero-order valence-corrected chi connectivity index (χ0v) is 14.0. The van der Waals surface area contributed by atoms with Crippen molar-refractivity contribution in [3.05, 3.63) is 75.3 Å². The van der Waals surface area contributed by atoms with Gasteiger partial charge in [-0.1, -0.05) is 36.4 Å². The Balaban J connectivity index is 1.74. The van der Waals surface area contributed by atoms with Crippen LogP contribution < -0.4 is 0 Å². The average Bonchev–Trinajstić information content (AvgIpc) is 2.61. The Morgan fingerprint density at radius 2 is 1.96 bits per heavy atom. The predicted octanol–water partition coefficient (Wildman–Crippen LogP) is 2.78. The second-order valence-corrected chi connectivity index (χ2v) is 6.59. The van der Waals surface area contributed by atoms with E-state index in [-0.39, 0.29) is 18.0 Å². The van der Waals surface area contributed by atoms with Crippen molar-refractivity contribution in [2.75, 3.05) is 6.54 Å². The monoisotopic (exact) mass is 340 g/mol. The highest BCUT2D eigenvalue weighted by atomic mass is 16.6. The Hall–Kier alpha value is -2.73. The summed E-state index contributed by atoms with van der Waals surface area (Å²) in [7, 11) is 0. The molecule has 2 aromatic carbocycles. The Kier molecular flexibility index (Phi) is 4.55. The first-order chi connectivity index (χ1) is 11.9. The van der Waals surface area contributed by atoms with Crippen molar-refractivity contribution in [1.82, 2.24) is 4.90 Å². The summed E-state index contributed by atoms with van der Waals surface area (Å²) in [5, 5.41) is 21.6. The van der Waals surface area contributed by atoms with Crippen LogP contribution in [0.5, 0.6) is 0 Å². The minimum atomic E-state index is -1.25. The first-order valence-electron chi connectivity index (χ1n) is 8.19. The first-order valence-corrected chi connectivity index (χ1v) is 8.19. The molecule has 1 aliphatic rings. The van der Waals surface area contributed by atoms with E-state index in [1.54, 1.807) is 30.0 Å². The number of aliphatic hydroxyl groups is 1. The van der Waals surface area contributed by atoms with Gasteiger partial charge in [-0.2, -0.15) is 0 Å². The molecule has 0 saturated carbocycles. The Morgan fingerprint density at radius 1 is 1.24 bits per heavy atom. The molecular formula is C19H20N2O4. The molecule has 3 rings (SSSR count). The Bertz CT molecular complexity index is 802. The van der Waals surface area contributed by atoms with Crippen molar-refractivity contribution in [2.24, 2.45) is 0 Å². The molecule has 1 atom stereocenters. The van der Waals surface area contributed by atoms with E-state index in [0.717, 1.165) is 11.1 Å². The lowest BCUT2D eigenvalue weighted by Gasteiger charge is -2.32. The number of benzene rings is 2. The quantitative estimate of drug-likeness (QED) is 0.685. The van der Waals surface area contributed by atoms with Gasteiger partial charge >= 0.3 is 0 Å². The first kappa shape index (κ1) is 17.1. The molecule has 1 unspecified atom stereocenters. The van der Waals surface area contributed by atoms with E-state index in [1.165, 1.54) is 12.1 Å². The molecule has 1 amide bonds. The Morgan fingerprint density at radius 3 is 2.64 bits per heavy atom. The maximum atomic E-state index is 12.6. The van der Waals surface area contributed by atoms with Crippen LogP contribution in [0.2, 0.25) is 0 Å².